The van der Waals surface area contributed by atoms with Gasteiger partial charge in [-0.25, -0.2) is 0 Å². The lowest BCUT2D eigenvalue weighted by atomic mass is 9.87. The maximum atomic E-state index is 12.1. The molecular formula is C17H31Cl2N3OS. The number of nitrogens with one attached hydrogen (secondary N) is 1. The fourth-order valence-corrected chi connectivity index (χ4v) is 3.58. The van der Waals surface area contributed by atoms with Gasteiger partial charge >= 0.3 is 0 Å². The van der Waals surface area contributed by atoms with Crippen LogP contribution in [0.15, 0.2) is 17.5 Å². The van der Waals surface area contributed by atoms with Crippen LogP contribution >= 0.6 is 36.2 Å². The average molecular weight is 396 g/mol. The van der Waals surface area contributed by atoms with Crippen LogP contribution in [0.3, 0.4) is 0 Å². The number of carbonyl (C=O) groups is 1. The molecule has 1 aromatic heterocycles. The summed E-state index contributed by atoms with van der Waals surface area (Å²) in [6.45, 7) is 9.99. The monoisotopic (exact) mass is 395 g/mol. The number of hydrogen-bond acceptors (Lipinski definition) is 4. The highest BCUT2D eigenvalue weighted by molar-refractivity contribution is 7.09. The summed E-state index contributed by atoms with van der Waals surface area (Å²) in [5, 5.41) is 5.18. The van der Waals surface area contributed by atoms with Crippen LogP contribution in [-0.4, -0.2) is 36.5 Å². The van der Waals surface area contributed by atoms with Crippen LogP contribution in [-0.2, 0) is 11.3 Å². The minimum atomic E-state index is -0.446. The van der Waals surface area contributed by atoms with Gasteiger partial charge in [0.15, 0.2) is 0 Å². The Morgan fingerprint density at radius 2 is 2.17 bits per heavy atom. The SMILES string of the molecule is CC(C)(C)[C@H](N)C(=O)NCC1CCCN(Cc2cccs2)C1.Cl.Cl. The summed E-state index contributed by atoms with van der Waals surface area (Å²) < 4.78 is 0. The third-order valence-corrected chi connectivity index (χ3v) is 5.20. The molecule has 1 aliphatic heterocycles. The number of piperidine rings is 1. The number of hydrogen-bond donors (Lipinski definition) is 2. The number of carbonyl (C=O) groups excluding carboxylic acids is 1. The second-order valence-corrected chi connectivity index (χ2v) is 8.44. The average Bonchev–Trinajstić information content (AvgIpc) is 2.96. The molecule has 3 N–H and O–H groups in total. The van der Waals surface area contributed by atoms with Crippen LogP contribution in [0.25, 0.3) is 0 Å². The highest BCUT2D eigenvalue weighted by Gasteiger charge is 2.28. The van der Waals surface area contributed by atoms with Gasteiger partial charge < -0.3 is 11.1 Å². The Bertz CT molecular complexity index is 477. The third-order valence-electron chi connectivity index (χ3n) is 4.34. The molecule has 2 heterocycles. The number of rotatable bonds is 5. The van der Waals surface area contributed by atoms with E-state index in [4.69, 9.17) is 5.73 Å². The summed E-state index contributed by atoms with van der Waals surface area (Å²) >= 11 is 1.81. The minimum absolute atomic E-state index is 0. The normalized spacial score (nSPS) is 19.8. The molecule has 0 bridgehead atoms. The summed E-state index contributed by atoms with van der Waals surface area (Å²) in [6, 6.07) is 3.85. The summed E-state index contributed by atoms with van der Waals surface area (Å²) in [5.41, 5.74) is 5.81. The first-order valence-electron chi connectivity index (χ1n) is 8.14. The first kappa shape index (κ1) is 23.7. The van der Waals surface area contributed by atoms with Crippen molar-refractivity contribution in [3.05, 3.63) is 22.4 Å². The van der Waals surface area contributed by atoms with E-state index >= 15 is 0 Å². The highest BCUT2D eigenvalue weighted by Crippen LogP contribution is 2.21. The highest BCUT2D eigenvalue weighted by atomic mass is 35.5. The summed E-state index contributed by atoms with van der Waals surface area (Å²) in [7, 11) is 0. The molecule has 1 amide bonds. The molecule has 1 saturated heterocycles. The van der Waals surface area contributed by atoms with Crippen LogP contribution in [0.4, 0.5) is 0 Å². The molecule has 2 atom stereocenters. The number of nitrogens with zero attached hydrogens (tertiary/aromatic N) is 1. The summed E-state index contributed by atoms with van der Waals surface area (Å²) in [4.78, 5) is 16.0. The topological polar surface area (TPSA) is 58.4 Å². The summed E-state index contributed by atoms with van der Waals surface area (Å²) in [6.07, 6.45) is 2.39. The van der Waals surface area contributed by atoms with E-state index < -0.39 is 6.04 Å². The molecule has 7 heteroatoms. The van der Waals surface area contributed by atoms with Gasteiger partial charge in [0.1, 0.15) is 0 Å². The molecule has 1 unspecified atom stereocenters. The second kappa shape index (κ2) is 10.6. The van der Waals surface area contributed by atoms with E-state index in [2.05, 4.69) is 27.7 Å². The van der Waals surface area contributed by atoms with Crippen molar-refractivity contribution in [3.63, 3.8) is 0 Å². The molecule has 2 rings (SSSR count). The van der Waals surface area contributed by atoms with E-state index in [0.29, 0.717) is 5.92 Å². The van der Waals surface area contributed by atoms with Gasteiger partial charge in [-0.15, -0.1) is 36.2 Å². The van der Waals surface area contributed by atoms with E-state index in [1.165, 1.54) is 17.7 Å². The van der Waals surface area contributed by atoms with Crippen molar-refractivity contribution >= 4 is 42.1 Å². The lowest BCUT2D eigenvalue weighted by molar-refractivity contribution is -0.124. The first-order valence-corrected chi connectivity index (χ1v) is 9.02. The lowest BCUT2D eigenvalue weighted by Crippen LogP contribution is -2.50. The predicted molar refractivity (Wildman–Crippen MR) is 107 cm³/mol. The summed E-state index contributed by atoms with van der Waals surface area (Å²) in [5.74, 6) is 0.507. The van der Waals surface area contributed by atoms with Crippen molar-refractivity contribution in [2.75, 3.05) is 19.6 Å². The Labute approximate surface area is 162 Å². The van der Waals surface area contributed by atoms with Gasteiger partial charge in [0.2, 0.25) is 5.91 Å². The Morgan fingerprint density at radius 1 is 1.46 bits per heavy atom. The largest absolute Gasteiger partial charge is 0.354 e. The minimum Gasteiger partial charge on any atom is -0.354 e. The van der Waals surface area contributed by atoms with Crippen LogP contribution in [0, 0.1) is 11.3 Å². The van der Waals surface area contributed by atoms with Crippen molar-refractivity contribution < 1.29 is 4.79 Å². The molecule has 0 aliphatic carbocycles. The Balaban J connectivity index is 0.00000264. The fourth-order valence-electron chi connectivity index (χ4n) is 2.83. The van der Waals surface area contributed by atoms with Gasteiger partial charge in [-0.05, 0) is 42.2 Å². The smallest absolute Gasteiger partial charge is 0.237 e. The molecule has 140 valence electrons. The van der Waals surface area contributed by atoms with Crippen molar-refractivity contribution in [2.24, 2.45) is 17.1 Å². The maximum absolute atomic E-state index is 12.1. The number of halogens is 2. The standard InChI is InChI=1S/C17H29N3OS.2ClH/c1-17(2,3)15(18)16(21)19-10-13-6-4-8-20(11-13)12-14-7-5-9-22-14;;/h5,7,9,13,15H,4,6,8,10-12,18H2,1-3H3,(H,19,21);2*1H/t13?,15-;;/m1../s1. The molecule has 0 radical (unpaired) electrons. The molecule has 0 saturated carbocycles. The molecule has 24 heavy (non-hydrogen) atoms. The Hall–Kier alpha value is -0.330. The Morgan fingerprint density at radius 3 is 2.75 bits per heavy atom. The number of nitrogens with two attached hydrogens (primary N) is 1. The number of amides is 1. The van der Waals surface area contributed by atoms with Crippen LogP contribution in [0.2, 0.25) is 0 Å². The number of likely N-dealkylation sites (tertiary alicyclic amines) is 1. The zero-order valence-corrected chi connectivity index (χ0v) is 17.2. The zero-order valence-electron chi connectivity index (χ0n) is 14.8. The van der Waals surface area contributed by atoms with Crippen molar-refractivity contribution in [1.82, 2.24) is 10.2 Å². The molecule has 4 nitrogen and oxygen atoms in total. The van der Waals surface area contributed by atoms with Crippen molar-refractivity contribution in [2.45, 2.75) is 46.2 Å². The van der Waals surface area contributed by atoms with Crippen LogP contribution < -0.4 is 11.1 Å². The van der Waals surface area contributed by atoms with Crippen LogP contribution in [0.1, 0.15) is 38.5 Å². The maximum Gasteiger partial charge on any atom is 0.237 e. The van der Waals surface area contributed by atoms with Crippen molar-refractivity contribution in [3.8, 4) is 0 Å². The van der Waals surface area contributed by atoms with E-state index in [-0.39, 0.29) is 36.1 Å². The van der Waals surface area contributed by atoms with Crippen LogP contribution in [0.5, 0.6) is 0 Å². The third kappa shape index (κ3) is 7.28. The van der Waals surface area contributed by atoms with E-state index in [1.54, 1.807) is 0 Å². The van der Waals surface area contributed by atoms with E-state index in [9.17, 15) is 4.79 Å². The lowest BCUT2D eigenvalue weighted by Gasteiger charge is -2.33. The zero-order chi connectivity index (χ0) is 16.2. The van der Waals surface area contributed by atoms with Gasteiger partial charge in [0.25, 0.3) is 0 Å². The second-order valence-electron chi connectivity index (χ2n) is 7.41. The van der Waals surface area contributed by atoms with Gasteiger partial charge in [-0.1, -0.05) is 26.8 Å². The predicted octanol–water partition coefficient (Wildman–Crippen LogP) is 3.29. The molecule has 1 aliphatic rings. The van der Waals surface area contributed by atoms with E-state index in [0.717, 1.165) is 26.2 Å². The van der Waals surface area contributed by atoms with Gasteiger partial charge in [0, 0.05) is 24.5 Å². The fraction of sp³-hybridized carbons (Fsp3) is 0.706. The van der Waals surface area contributed by atoms with Gasteiger partial charge in [-0.3, -0.25) is 9.69 Å². The number of thiophene rings is 1. The van der Waals surface area contributed by atoms with Gasteiger partial charge in [-0.2, -0.15) is 0 Å². The Kier molecular flexibility index (Phi) is 10.5. The molecular weight excluding hydrogens is 365 g/mol. The molecule has 1 fully saturated rings. The van der Waals surface area contributed by atoms with Crippen molar-refractivity contribution in [1.29, 1.82) is 0 Å². The quantitative estimate of drug-likeness (QED) is 0.803. The molecule has 0 aromatic carbocycles. The first-order chi connectivity index (χ1) is 10.4. The molecule has 0 spiro atoms. The molecule has 1 aromatic rings. The van der Waals surface area contributed by atoms with E-state index in [1.807, 2.05) is 32.1 Å². The van der Waals surface area contributed by atoms with Gasteiger partial charge in [0.05, 0.1) is 6.04 Å².